The highest BCUT2D eigenvalue weighted by Crippen LogP contribution is 2.19. The molecule has 0 heterocycles. The summed E-state index contributed by atoms with van der Waals surface area (Å²) in [6.07, 6.45) is 4.27. The molecule has 1 aliphatic rings. The number of anilines is 1. The minimum Gasteiger partial charge on any atom is -0.395 e. The molecule has 6 nitrogen and oxygen atoms in total. The van der Waals surface area contributed by atoms with Gasteiger partial charge in [-0.3, -0.25) is 9.59 Å². The number of carbonyl (C=O) groups is 2. The standard InChI is InChI=1S/C15H19N3O3/c16-12-4-1-11(9-12)15(21)18-13-5-2-10(3-6-13)14(20)17-7-8-19/h1-6,11-12,19H,7-9,16H2,(H,17,20)(H,18,21). The van der Waals surface area contributed by atoms with E-state index < -0.39 is 0 Å². The SMILES string of the molecule is NC1C=CC(C(=O)Nc2ccc(C(=O)NCCO)cc2)C1. The van der Waals surface area contributed by atoms with Crippen LogP contribution in [-0.4, -0.2) is 36.1 Å². The van der Waals surface area contributed by atoms with Crippen molar-refractivity contribution in [3.8, 4) is 0 Å². The summed E-state index contributed by atoms with van der Waals surface area (Å²) in [5, 5.41) is 14.0. The molecule has 1 aromatic rings. The Morgan fingerprint density at radius 1 is 1.24 bits per heavy atom. The maximum atomic E-state index is 12.0. The first-order valence-corrected chi connectivity index (χ1v) is 6.84. The van der Waals surface area contributed by atoms with Crippen LogP contribution < -0.4 is 16.4 Å². The van der Waals surface area contributed by atoms with E-state index in [1.54, 1.807) is 24.3 Å². The number of nitrogens with two attached hydrogens (primary N) is 1. The lowest BCUT2D eigenvalue weighted by molar-refractivity contribution is -0.118. The van der Waals surface area contributed by atoms with Gasteiger partial charge in [0.25, 0.3) is 5.91 Å². The number of nitrogens with one attached hydrogen (secondary N) is 2. The lowest BCUT2D eigenvalue weighted by Gasteiger charge is -2.11. The molecular weight excluding hydrogens is 270 g/mol. The van der Waals surface area contributed by atoms with Crippen molar-refractivity contribution in [3.05, 3.63) is 42.0 Å². The lowest BCUT2D eigenvalue weighted by Crippen LogP contribution is -2.26. The van der Waals surface area contributed by atoms with Gasteiger partial charge in [0.1, 0.15) is 0 Å². The molecule has 0 radical (unpaired) electrons. The number of rotatable bonds is 5. The van der Waals surface area contributed by atoms with E-state index in [-0.39, 0.29) is 36.9 Å². The molecule has 2 amide bonds. The second-order valence-electron chi connectivity index (χ2n) is 4.94. The number of amides is 2. The van der Waals surface area contributed by atoms with Crippen molar-refractivity contribution in [2.45, 2.75) is 12.5 Å². The third-order valence-corrected chi connectivity index (χ3v) is 3.27. The van der Waals surface area contributed by atoms with Gasteiger partial charge >= 0.3 is 0 Å². The van der Waals surface area contributed by atoms with Gasteiger partial charge in [-0.25, -0.2) is 0 Å². The molecule has 112 valence electrons. The van der Waals surface area contributed by atoms with E-state index in [9.17, 15) is 9.59 Å². The number of hydrogen-bond donors (Lipinski definition) is 4. The zero-order valence-corrected chi connectivity index (χ0v) is 11.6. The Morgan fingerprint density at radius 2 is 1.95 bits per heavy atom. The first-order valence-electron chi connectivity index (χ1n) is 6.84. The maximum absolute atomic E-state index is 12.0. The van der Waals surface area contributed by atoms with Crippen molar-refractivity contribution in [1.82, 2.24) is 5.32 Å². The van der Waals surface area contributed by atoms with Crippen LogP contribution in [0.5, 0.6) is 0 Å². The molecule has 1 aromatic carbocycles. The molecule has 0 aliphatic heterocycles. The van der Waals surface area contributed by atoms with E-state index in [2.05, 4.69) is 10.6 Å². The minimum atomic E-state index is -0.258. The maximum Gasteiger partial charge on any atom is 0.251 e. The summed E-state index contributed by atoms with van der Waals surface area (Å²) in [7, 11) is 0. The van der Waals surface area contributed by atoms with Gasteiger partial charge in [-0.2, -0.15) is 0 Å². The van der Waals surface area contributed by atoms with E-state index in [4.69, 9.17) is 10.8 Å². The average Bonchev–Trinajstić information content (AvgIpc) is 2.92. The molecule has 0 spiro atoms. The lowest BCUT2D eigenvalue weighted by atomic mass is 10.1. The summed E-state index contributed by atoms with van der Waals surface area (Å²) in [4.78, 5) is 23.6. The molecule has 21 heavy (non-hydrogen) atoms. The third-order valence-electron chi connectivity index (χ3n) is 3.27. The van der Waals surface area contributed by atoms with Gasteiger partial charge in [-0.15, -0.1) is 0 Å². The summed E-state index contributed by atoms with van der Waals surface area (Å²) in [5.74, 6) is -0.559. The second-order valence-corrected chi connectivity index (χ2v) is 4.94. The monoisotopic (exact) mass is 289 g/mol. The molecular formula is C15H19N3O3. The van der Waals surface area contributed by atoms with Gasteiger partial charge in [0, 0.05) is 23.8 Å². The second kappa shape index (κ2) is 7.01. The Balaban J connectivity index is 1.92. The van der Waals surface area contributed by atoms with Crippen molar-refractivity contribution >= 4 is 17.5 Å². The molecule has 0 fully saturated rings. The van der Waals surface area contributed by atoms with Crippen LogP contribution >= 0.6 is 0 Å². The van der Waals surface area contributed by atoms with Crippen LogP contribution in [0.25, 0.3) is 0 Å². The summed E-state index contributed by atoms with van der Waals surface area (Å²) in [6.45, 7) is 0.114. The largest absolute Gasteiger partial charge is 0.395 e. The molecule has 1 aliphatic carbocycles. The average molecular weight is 289 g/mol. The van der Waals surface area contributed by atoms with Crippen LogP contribution in [0.3, 0.4) is 0 Å². The number of aliphatic hydroxyl groups excluding tert-OH is 1. The molecule has 0 saturated heterocycles. The Bertz CT molecular complexity index is 540. The number of hydrogen-bond acceptors (Lipinski definition) is 4. The van der Waals surface area contributed by atoms with Crippen molar-refractivity contribution in [2.75, 3.05) is 18.5 Å². The third kappa shape index (κ3) is 4.14. The predicted octanol–water partition coefficient (Wildman–Crippen LogP) is 0.251. The zero-order chi connectivity index (χ0) is 15.2. The van der Waals surface area contributed by atoms with E-state index >= 15 is 0 Å². The van der Waals surface area contributed by atoms with Gasteiger partial charge in [-0.05, 0) is 30.7 Å². The van der Waals surface area contributed by atoms with Crippen LogP contribution in [0.1, 0.15) is 16.8 Å². The van der Waals surface area contributed by atoms with E-state index in [0.717, 1.165) is 0 Å². The Morgan fingerprint density at radius 3 is 2.52 bits per heavy atom. The summed E-state index contributed by atoms with van der Waals surface area (Å²) >= 11 is 0. The molecule has 0 bridgehead atoms. The predicted molar refractivity (Wildman–Crippen MR) is 79.7 cm³/mol. The Kier molecular flexibility index (Phi) is 5.08. The molecule has 2 unspecified atom stereocenters. The number of benzene rings is 1. The van der Waals surface area contributed by atoms with Crippen molar-refractivity contribution in [1.29, 1.82) is 0 Å². The smallest absolute Gasteiger partial charge is 0.251 e. The summed E-state index contributed by atoms with van der Waals surface area (Å²) in [5.41, 5.74) is 6.83. The van der Waals surface area contributed by atoms with Gasteiger partial charge in [0.15, 0.2) is 0 Å². The fraction of sp³-hybridized carbons (Fsp3) is 0.333. The van der Waals surface area contributed by atoms with Crippen LogP contribution in [-0.2, 0) is 4.79 Å². The Hall–Kier alpha value is -2.18. The van der Waals surface area contributed by atoms with Crippen molar-refractivity contribution in [2.24, 2.45) is 11.7 Å². The first-order chi connectivity index (χ1) is 10.1. The van der Waals surface area contributed by atoms with E-state index in [1.807, 2.05) is 12.2 Å². The topological polar surface area (TPSA) is 104 Å². The normalized spacial score (nSPS) is 20.3. The van der Waals surface area contributed by atoms with Crippen LogP contribution in [0.4, 0.5) is 5.69 Å². The van der Waals surface area contributed by atoms with Crippen molar-refractivity contribution < 1.29 is 14.7 Å². The van der Waals surface area contributed by atoms with Gasteiger partial charge < -0.3 is 21.5 Å². The molecule has 5 N–H and O–H groups in total. The van der Waals surface area contributed by atoms with Gasteiger partial charge in [0.05, 0.1) is 12.5 Å². The summed E-state index contributed by atoms with van der Waals surface area (Å²) in [6, 6.07) is 6.53. The first kappa shape index (κ1) is 15.2. The quantitative estimate of drug-likeness (QED) is 0.583. The van der Waals surface area contributed by atoms with Crippen LogP contribution in [0.2, 0.25) is 0 Å². The van der Waals surface area contributed by atoms with Crippen LogP contribution in [0, 0.1) is 5.92 Å². The fourth-order valence-corrected chi connectivity index (χ4v) is 2.13. The molecule has 0 saturated carbocycles. The highest BCUT2D eigenvalue weighted by Gasteiger charge is 2.22. The molecule has 6 heteroatoms. The number of aliphatic hydroxyl groups is 1. The van der Waals surface area contributed by atoms with Gasteiger partial charge in [-0.1, -0.05) is 12.2 Å². The van der Waals surface area contributed by atoms with E-state index in [1.165, 1.54) is 0 Å². The molecule has 2 rings (SSSR count). The minimum absolute atomic E-state index is 0.0571. The van der Waals surface area contributed by atoms with Crippen molar-refractivity contribution in [3.63, 3.8) is 0 Å². The zero-order valence-electron chi connectivity index (χ0n) is 11.6. The Labute approximate surface area is 123 Å². The molecule has 2 atom stereocenters. The molecule has 0 aromatic heterocycles. The highest BCUT2D eigenvalue weighted by atomic mass is 16.3. The van der Waals surface area contributed by atoms with E-state index in [0.29, 0.717) is 17.7 Å². The summed E-state index contributed by atoms with van der Waals surface area (Å²) < 4.78 is 0. The van der Waals surface area contributed by atoms with Gasteiger partial charge in [0.2, 0.25) is 5.91 Å². The number of carbonyl (C=O) groups excluding carboxylic acids is 2. The fourth-order valence-electron chi connectivity index (χ4n) is 2.13. The van der Waals surface area contributed by atoms with Crippen LogP contribution in [0.15, 0.2) is 36.4 Å². The highest BCUT2D eigenvalue weighted by molar-refractivity contribution is 5.96.